The van der Waals surface area contributed by atoms with Gasteiger partial charge in [0, 0.05) is 6.54 Å². The number of methoxy groups -OCH3 is 3. The molecule has 0 aliphatic heterocycles. The molecule has 1 amide bonds. The zero-order chi connectivity index (χ0) is 19.2. The first kappa shape index (κ1) is 18.8. The van der Waals surface area contributed by atoms with Gasteiger partial charge in [0.2, 0.25) is 5.75 Å². The molecule has 0 unspecified atom stereocenters. The second-order valence-corrected chi connectivity index (χ2v) is 6.53. The van der Waals surface area contributed by atoms with Crippen LogP contribution in [0.1, 0.15) is 21.7 Å². The van der Waals surface area contributed by atoms with Crippen LogP contribution in [0, 0.1) is 0 Å². The van der Waals surface area contributed by atoms with Gasteiger partial charge >= 0.3 is 0 Å². The van der Waals surface area contributed by atoms with Gasteiger partial charge in [-0.05, 0) is 46.7 Å². The number of hydrogen-bond acceptors (Lipinski definition) is 6. The van der Waals surface area contributed by atoms with Crippen molar-refractivity contribution in [3.63, 3.8) is 0 Å². The average molecular weight is 387 g/mol. The Morgan fingerprint density at radius 1 is 1.04 bits per heavy atom. The molecule has 0 fully saturated rings. The lowest BCUT2D eigenvalue weighted by molar-refractivity contribution is 0.0713. The number of rotatable bonds is 8. The molecular weight excluding hydrogens is 366 g/mol. The van der Waals surface area contributed by atoms with Gasteiger partial charge in [0.05, 0.1) is 39.7 Å². The maximum Gasteiger partial charge on any atom is 0.258 e. The van der Waals surface area contributed by atoms with E-state index in [2.05, 4.69) is 0 Å². The third kappa shape index (κ3) is 4.09. The zero-order valence-electron chi connectivity index (χ0n) is 15.4. The van der Waals surface area contributed by atoms with E-state index in [1.165, 1.54) is 14.2 Å². The van der Waals surface area contributed by atoms with Gasteiger partial charge in [-0.25, -0.2) is 0 Å². The minimum absolute atomic E-state index is 0.185. The topological polar surface area (TPSA) is 61.1 Å². The van der Waals surface area contributed by atoms with Gasteiger partial charge in [-0.15, -0.1) is 0 Å². The summed E-state index contributed by atoms with van der Waals surface area (Å²) in [5, 5.41) is 4.01. The van der Waals surface area contributed by atoms with Crippen LogP contribution in [0.25, 0.3) is 0 Å². The fourth-order valence-electron chi connectivity index (χ4n) is 2.83. The number of nitrogens with zero attached hydrogens (tertiary/aromatic N) is 1. The Balaban J connectivity index is 1.97. The number of thiophene rings is 1. The van der Waals surface area contributed by atoms with Gasteiger partial charge in [0.15, 0.2) is 11.5 Å². The number of amides is 1. The summed E-state index contributed by atoms with van der Waals surface area (Å²) in [4.78, 5) is 15.1. The van der Waals surface area contributed by atoms with E-state index in [-0.39, 0.29) is 5.91 Å². The van der Waals surface area contributed by atoms with Crippen molar-refractivity contribution < 1.29 is 23.4 Å². The number of carbonyl (C=O) groups excluding carboxylic acids is 1. The second-order valence-electron chi connectivity index (χ2n) is 5.75. The normalized spacial score (nSPS) is 10.5. The molecular formula is C20H21NO5S. The summed E-state index contributed by atoms with van der Waals surface area (Å²) >= 11 is 1.59. The zero-order valence-corrected chi connectivity index (χ0v) is 16.2. The van der Waals surface area contributed by atoms with Crippen LogP contribution in [0.2, 0.25) is 0 Å². The first-order chi connectivity index (χ1) is 13.2. The van der Waals surface area contributed by atoms with Crippen molar-refractivity contribution in [2.45, 2.75) is 13.1 Å². The quantitative estimate of drug-likeness (QED) is 0.579. The van der Waals surface area contributed by atoms with E-state index in [0.29, 0.717) is 41.7 Å². The third-order valence-corrected chi connectivity index (χ3v) is 4.83. The minimum Gasteiger partial charge on any atom is -0.493 e. The Hall–Kier alpha value is -2.93. The van der Waals surface area contributed by atoms with E-state index in [9.17, 15) is 4.79 Å². The summed E-state index contributed by atoms with van der Waals surface area (Å²) in [5.74, 6) is 1.76. The minimum atomic E-state index is -0.185. The van der Waals surface area contributed by atoms with Crippen molar-refractivity contribution in [3.8, 4) is 17.2 Å². The van der Waals surface area contributed by atoms with E-state index < -0.39 is 0 Å². The SMILES string of the molecule is COc1ccc(C(=O)N(Cc2ccsc2)Cc2ccco2)c(OC)c1OC. The van der Waals surface area contributed by atoms with Crippen LogP contribution in [-0.2, 0) is 13.1 Å². The first-order valence-corrected chi connectivity index (χ1v) is 9.24. The summed E-state index contributed by atoms with van der Waals surface area (Å²) in [5.41, 5.74) is 1.45. The van der Waals surface area contributed by atoms with Gasteiger partial charge in [0.1, 0.15) is 5.76 Å². The summed E-state index contributed by atoms with van der Waals surface area (Å²) in [6, 6.07) is 9.04. The number of hydrogen-bond donors (Lipinski definition) is 0. The number of furan rings is 1. The van der Waals surface area contributed by atoms with Crippen LogP contribution in [0.5, 0.6) is 17.2 Å². The highest BCUT2D eigenvalue weighted by Crippen LogP contribution is 2.40. The molecule has 0 saturated heterocycles. The predicted molar refractivity (Wildman–Crippen MR) is 103 cm³/mol. The van der Waals surface area contributed by atoms with Crippen LogP contribution in [-0.4, -0.2) is 32.1 Å². The molecule has 0 spiro atoms. The summed E-state index contributed by atoms with van der Waals surface area (Å²) < 4.78 is 21.6. The third-order valence-electron chi connectivity index (χ3n) is 4.10. The van der Waals surface area contributed by atoms with Crippen molar-refractivity contribution in [1.29, 1.82) is 0 Å². The molecule has 2 aromatic heterocycles. The molecule has 0 aliphatic rings. The van der Waals surface area contributed by atoms with Crippen molar-refractivity contribution >= 4 is 17.2 Å². The maximum atomic E-state index is 13.4. The summed E-state index contributed by atoms with van der Waals surface area (Å²) in [7, 11) is 4.56. The van der Waals surface area contributed by atoms with Crippen molar-refractivity contribution in [3.05, 3.63) is 64.2 Å². The molecule has 0 saturated carbocycles. The molecule has 0 aliphatic carbocycles. The summed E-state index contributed by atoms with van der Waals surface area (Å²) in [6.45, 7) is 0.805. The molecule has 27 heavy (non-hydrogen) atoms. The van der Waals surface area contributed by atoms with Crippen LogP contribution >= 0.6 is 11.3 Å². The van der Waals surface area contributed by atoms with Crippen LogP contribution in [0.4, 0.5) is 0 Å². The molecule has 0 N–H and O–H groups in total. The van der Waals surface area contributed by atoms with E-state index in [1.807, 2.05) is 22.9 Å². The van der Waals surface area contributed by atoms with E-state index >= 15 is 0 Å². The molecule has 0 bridgehead atoms. The number of benzene rings is 1. The van der Waals surface area contributed by atoms with Gasteiger partial charge in [-0.2, -0.15) is 11.3 Å². The Bertz CT molecular complexity index is 838. The Kier molecular flexibility index (Phi) is 6.03. The molecule has 6 nitrogen and oxygen atoms in total. The van der Waals surface area contributed by atoms with Crippen molar-refractivity contribution in [1.82, 2.24) is 4.90 Å². The van der Waals surface area contributed by atoms with E-state index in [1.54, 1.807) is 47.8 Å². The molecule has 7 heteroatoms. The Labute approximate surface area is 161 Å². The maximum absolute atomic E-state index is 13.4. The number of ether oxygens (including phenoxy) is 3. The van der Waals surface area contributed by atoms with Gasteiger partial charge < -0.3 is 23.5 Å². The lowest BCUT2D eigenvalue weighted by Crippen LogP contribution is -2.30. The van der Waals surface area contributed by atoms with Gasteiger partial charge in [-0.1, -0.05) is 0 Å². The second kappa shape index (κ2) is 8.64. The number of carbonyl (C=O) groups is 1. The molecule has 142 valence electrons. The fourth-order valence-corrected chi connectivity index (χ4v) is 3.49. The van der Waals surface area contributed by atoms with Crippen LogP contribution < -0.4 is 14.2 Å². The van der Waals surface area contributed by atoms with E-state index in [0.717, 1.165) is 5.56 Å². The Morgan fingerprint density at radius 3 is 2.44 bits per heavy atom. The monoisotopic (exact) mass is 387 g/mol. The molecule has 2 heterocycles. The van der Waals surface area contributed by atoms with Crippen LogP contribution in [0.15, 0.2) is 51.8 Å². The van der Waals surface area contributed by atoms with Gasteiger partial charge in [0.25, 0.3) is 5.91 Å². The fraction of sp³-hybridized carbons (Fsp3) is 0.250. The van der Waals surface area contributed by atoms with Crippen molar-refractivity contribution in [2.24, 2.45) is 0 Å². The molecule has 0 radical (unpaired) electrons. The lowest BCUT2D eigenvalue weighted by Gasteiger charge is -2.23. The first-order valence-electron chi connectivity index (χ1n) is 8.29. The van der Waals surface area contributed by atoms with E-state index in [4.69, 9.17) is 18.6 Å². The van der Waals surface area contributed by atoms with Crippen molar-refractivity contribution in [2.75, 3.05) is 21.3 Å². The highest BCUT2D eigenvalue weighted by atomic mass is 32.1. The predicted octanol–water partition coefficient (Wildman–Crippen LogP) is 4.21. The highest BCUT2D eigenvalue weighted by Gasteiger charge is 2.25. The Morgan fingerprint density at radius 2 is 1.85 bits per heavy atom. The molecule has 0 atom stereocenters. The molecule has 3 rings (SSSR count). The average Bonchev–Trinajstić information content (AvgIpc) is 3.39. The van der Waals surface area contributed by atoms with Crippen LogP contribution in [0.3, 0.4) is 0 Å². The molecule has 1 aromatic carbocycles. The largest absolute Gasteiger partial charge is 0.493 e. The lowest BCUT2D eigenvalue weighted by atomic mass is 10.1. The highest BCUT2D eigenvalue weighted by molar-refractivity contribution is 7.07. The smallest absolute Gasteiger partial charge is 0.258 e. The van der Waals surface area contributed by atoms with Gasteiger partial charge in [-0.3, -0.25) is 4.79 Å². The summed E-state index contributed by atoms with van der Waals surface area (Å²) in [6.07, 6.45) is 1.60. The standard InChI is InChI=1S/C20H21NO5S/c1-23-17-7-6-16(18(24-2)19(17)25-3)20(22)21(11-14-8-10-27-13-14)12-15-5-4-9-26-15/h4-10,13H,11-12H2,1-3H3. The molecule has 3 aromatic rings.